The topological polar surface area (TPSA) is 55.1 Å². The molecule has 0 saturated carbocycles. The molecule has 0 aliphatic carbocycles. The van der Waals surface area contributed by atoms with Gasteiger partial charge in [-0.1, -0.05) is 11.6 Å². The number of nitrogens with two attached hydrogens (primary N) is 1. The van der Waals surface area contributed by atoms with E-state index in [1.165, 1.54) is 12.2 Å². The number of halogens is 1. The first kappa shape index (κ1) is 12.6. The van der Waals surface area contributed by atoms with Gasteiger partial charge >= 0.3 is 0 Å². The molecule has 1 aliphatic rings. The van der Waals surface area contributed by atoms with Crippen LogP contribution < -0.4 is 11.1 Å². The van der Waals surface area contributed by atoms with Gasteiger partial charge in [-0.15, -0.1) is 0 Å². The summed E-state index contributed by atoms with van der Waals surface area (Å²) < 4.78 is 0. The van der Waals surface area contributed by atoms with Crippen molar-refractivity contribution in [3.05, 3.63) is 28.8 Å². The number of amides is 1. The fourth-order valence-electron chi connectivity index (χ4n) is 1.86. The summed E-state index contributed by atoms with van der Waals surface area (Å²) in [7, 11) is 0. The fraction of sp³-hybridized carbons (Fsp3) is 0.417. The molecule has 1 saturated heterocycles. The van der Waals surface area contributed by atoms with Crippen molar-refractivity contribution in [3.63, 3.8) is 0 Å². The molecule has 5 heteroatoms. The average molecular weight is 271 g/mol. The van der Waals surface area contributed by atoms with Crippen LogP contribution in [0.4, 0.5) is 5.69 Å². The normalized spacial score (nSPS) is 19.9. The van der Waals surface area contributed by atoms with Gasteiger partial charge in [0.1, 0.15) is 0 Å². The highest BCUT2D eigenvalue weighted by Gasteiger charge is 2.15. The van der Waals surface area contributed by atoms with Gasteiger partial charge in [-0.2, -0.15) is 11.8 Å². The van der Waals surface area contributed by atoms with Crippen LogP contribution in [0.3, 0.4) is 0 Å². The lowest BCUT2D eigenvalue weighted by Crippen LogP contribution is -2.26. The smallest absolute Gasteiger partial charge is 0.248 e. The SMILES string of the molecule is NC(=O)c1ccc(Cl)c(NC2CCCSC2)c1. The molecule has 1 atom stereocenters. The molecule has 92 valence electrons. The number of carbonyl (C=O) groups excluding carboxylic acids is 1. The van der Waals surface area contributed by atoms with Gasteiger partial charge in [0.05, 0.1) is 10.7 Å². The predicted molar refractivity (Wildman–Crippen MR) is 73.9 cm³/mol. The lowest BCUT2D eigenvalue weighted by atomic mass is 10.1. The highest BCUT2D eigenvalue weighted by atomic mass is 35.5. The first-order valence-electron chi connectivity index (χ1n) is 5.60. The number of carbonyl (C=O) groups is 1. The van der Waals surface area contributed by atoms with Gasteiger partial charge in [-0.3, -0.25) is 4.79 Å². The zero-order valence-electron chi connectivity index (χ0n) is 9.41. The maximum absolute atomic E-state index is 11.1. The Kier molecular flexibility index (Phi) is 4.18. The number of hydrogen-bond donors (Lipinski definition) is 2. The molecule has 2 rings (SSSR count). The van der Waals surface area contributed by atoms with Gasteiger partial charge in [0, 0.05) is 17.4 Å². The monoisotopic (exact) mass is 270 g/mol. The minimum absolute atomic E-state index is 0.425. The molecule has 1 heterocycles. The first-order chi connectivity index (χ1) is 8.16. The summed E-state index contributed by atoms with van der Waals surface area (Å²) >= 11 is 8.04. The molecule has 1 aromatic carbocycles. The van der Waals surface area contributed by atoms with E-state index < -0.39 is 5.91 Å². The average Bonchev–Trinajstić information content (AvgIpc) is 2.33. The van der Waals surface area contributed by atoms with Crippen LogP contribution in [0.2, 0.25) is 5.02 Å². The summed E-state index contributed by atoms with van der Waals surface area (Å²) in [6, 6.07) is 5.50. The van der Waals surface area contributed by atoms with Gasteiger partial charge < -0.3 is 11.1 Å². The molecule has 1 amide bonds. The van der Waals surface area contributed by atoms with E-state index in [0.717, 1.165) is 17.9 Å². The van der Waals surface area contributed by atoms with Crippen LogP contribution in [0.25, 0.3) is 0 Å². The summed E-state index contributed by atoms with van der Waals surface area (Å²) in [6.07, 6.45) is 2.36. The van der Waals surface area contributed by atoms with E-state index in [1.807, 2.05) is 11.8 Å². The molecular formula is C12H15ClN2OS. The van der Waals surface area contributed by atoms with E-state index in [2.05, 4.69) is 5.32 Å². The molecule has 1 fully saturated rings. The van der Waals surface area contributed by atoms with Crippen molar-refractivity contribution >= 4 is 35.0 Å². The Morgan fingerprint density at radius 2 is 2.35 bits per heavy atom. The van der Waals surface area contributed by atoms with Gasteiger partial charge in [0.25, 0.3) is 0 Å². The molecule has 0 bridgehead atoms. The Balaban J connectivity index is 2.13. The zero-order chi connectivity index (χ0) is 12.3. The van der Waals surface area contributed by atoms with Crippen LogP contribution in [0, 0.1) is 0 Å². The summed E-state index contributed by atoms with van der Waals surface area (Å²) in [5, 5.41) is 4.01. The number of benzene rings is 1. The Hall–Kier alpha value is -0.870. The quantitative estimate of drug-likeness (QED) is 0.888. The maximum atomic E-state index is 11.1. The van der Waals surface area contributed by atoms with Gasteiger partial charge in [0.15, 0.2) is 0 Å². The number of anilines is 1. The second-order valence-corrected chi connectivity index (χ2v) is 5.67. The highest BCUT2D eigenvalue weighted by Crippen LogP contribution is 2.27. The predicted octanol–water partition coefficient (Wildman–Crippen LogP) is 2.75. The fourth-order valence-corrected chi connectivity index (χ4v) is 3.11. The van der Waals surface area contributed by atoms with E-state index in [9.17, 15) is 4.79 Å². The van der Waals surface area contributed by atoms with Crippen LogP contribution >= 0.6 is 23.4 Å². The maximum Gasteiger partial charge on any atom is 0.248 e. The van der Waals surface area contributed by atoms with Crippen molar-refractivity contribution < 1.29 is 4.79 Å². The van der Waals surface area contributed by atoms with Crippen molar-refractivity contribution in [3.8, 4) is 0 Å². The number of hydrogen-bond acceptors (Lipinski definition) is 3. The number of primary amides is 1. The minimum Gasteiger partial charge on any atom is -0.380 e. The van der Waals surface area contributed by atoms with Crippen molar-refractivity contribution in [1.29, 1.82) is 0 Å². The third-order valence-electron chi connectivity index (χ3n) is 2.77. The molecule has 3 nitrogen and oxygen atoms in total. The van der Waals surface area contributed by atoms with Crippen molar-refractivity contribution in [2.75, 3.05) is 16.8 Å². The van der Waals surface area contributed by atoms with Crippen LogP contribution in [0.5, 0.6) is 0 Å². The largest absolute Gasteiger partial charge is 0.380 e. The van der Waals surface area contributed by atoms with E-state index in [-0.39, 0.29) is 0 Å². The van der Waals surface area contributed by atoms with Crippen LogP contribution in [0.1, 0.15) is 23.2 Å². The van der Waals surface area contributed by atoms with Crippen LogP contribution in [-0.4, -0.2) is 23.5 Å². The molecule has 1 aliphatic heterocycles. The number of nitrogens with one attached hydrogen (secondary N) is 1. The van der Waals surface area contributed by atoms with Gasteiger partial charge in [0.2, 0.25) is 5.91 Å². The minimum atomic E-state index is -0.428. The molecular weight excluding hydrogens is 256 g/mol. The summed E-state index contributed by atoms with van der Waals surface area (Å²) in [5.74, 6) is 1.88. The third-order valence-corrected chi connectivity index (χ3v) is 4.32. The van der Waals surface area contributed by atoms with E-state index >= 15 is 0 Å². The lowest BCUT2D eigenvalue weighted by molar-refractivity contribution is 0.100. The van der Waals surface area contributed by atoms with Crippen molar-refractivity contribution in [2.24, 2.45) is 5.73 Å². The van der Waals surface area contributed by atoms with E-state index in [4.69, 9.17) is 17.3 Å². The third kappa shape index (κ3) is 3.30. The number of rotatable bonds is 3. The molecule has 3 N–H and O–H groups in total. The van der Waals surface area contributed by atoms with Crippen molar-refractivity contribution in [1.82, 2.24) is 0 Å². The standard InChI is InChI=1S/C12H15ClN2OS/c13-10-4-3-8(12(14)16)6-11(10)15-9-2-1-5-17-7-9/h3-4,6,9,15H,1-2,5,7H2,(H2,14,16). The molecule has 1 unspecified atom stereocenters. The van der Waals surface area contributed by atoms with Crippen molar-refractivity contribution in [2.45, 2.75) is 18.9 Å². The van der Waals surface area contributed by atoms with Crippen LogP contribution in [0.15, 0.2) is 18.2 Å². The Morgan fingerprint density at radius 3 is 3.00 bits per heavy atom. The van der Waals surface area contributed by atoms with Gasteiger partial charge in [-0.05, 0) is 36.8 Å². The lowest BCUT2D eigenvalue weighted by Gasteiger charge is -2.24. The van der Waals surface area contributed by atoms with Crippen LogP contribution in [-0.2, 0) is 0 Å². The Morgan fingerprint density at radius 1 is 1.53 bits per heavy atom. The second kappa shape index (κ2) is 5.65. The Labute approximate surface area is 110 Å². The molecule has 17 heavy (non-hydrogen) atoms. The van der Waals surface area contributed by atoms with E-state index in [0.29, 0.717) is 16.6 Å². The molecule has 1 aromatic rings. The molecule has 0 radical (unpaired) electrons. The highest BCUT2D eigenvalue weighted by molar-refractivity contribution is 7.99. The molecule has 0 spiro atoms. The van der Waals surface area contributed by atoms with E-state index in [1.54, 1.807) is 18.2 Å². The molecule has 0 aromatic heterocycles. The zero-order valence-corrected chi connectivity index (χ0v) is 11.0. The Bertz CT molecular complexity index is 419. The summed E-state index contributed by atoms with van der Waals surface area (Å²) in [6.45, 7) is 0. The first-order valence-corrected chi connectivity index (χ1v) is 7.14. The second-order valence-electron chi connectivity index (χ2n) is 4.12. The summed E-state index contributed by atoms with van der Waals surface area (Å²) in [5.41, 5.74) is 6.54. The summed E-state index contributed by atoms with van der Waals surface area (Å²) in [4.78, 5) is 11.1. The van der Waals surface area contributed by atoms with Gasteiger partial charge in [-0.25, -0.2) is 0 Å². The number of thioether (sulfide) groups is 1.